The van der Waals surface area contributed by atoms with Crippen LogP contribution in [0.5, 0.6) is 5.75 Å². The van der Waals surface area contributed by atoms with Gasteiger partial charge in [0.1, 0.15) is 10.6 Å². The summed E-state index contributed by atoms with van der Waals surface area (Å²) in [5, 5.41) is 16.5. The molecule has 0 saturated heterocycles. The molecule has 1 aromatic carbocycles. The fraction of sp³-hybridized carbons (Fsp3) is 0.231. The highest BCUT2D eigenvalue weighted by atomic mass is 32.2. The molecule has 1 heterocycles. The van der Waals surface area contributed by atoms with Crippen LogP contribution in [-0.2, 0) is 23.2 Å². The molecule has 2 rings (SSSR count). The smallest absolute Gasteiger partial charge is 0.244 e. The summed E-state index contributed by atoms with van der Waals surface area (Å²) in [7, 11) is -2.38. The van der Waals surface area contributed by atoms with E-state index in [0.717, 1.165) is 0 Å². The maximum absolute atomic E-state index is 12.3. The van der Waals surface area contributed by atoms with Crippen molar-refractivity contribution in [3.05, 3.63) is 47.8 Å². The Labute approximate surface area is 122 Å². The summed E-state index contributed by atoms with van der Waals surface area (Å²) in [6, 6.07) is 7.74. The second kappa shape index (κ2) is 6.61. The van der Waals surface area contributed by atoms with Crippen LogP contribution >= 0.6 is 0 Å². The minimum atomic E-state index is -3.75. The second-order valence-corrected chi connectivity index (χ2v) is 5.92. The highest BCUT2D eigenvalue weighted by molar-refractivity contribution is 7.89. The third-order valence-electron chi connectivity index (χ3n) is 2.77. The van der Waals surface area contributed by atoms with Crippen molar-refractivity contribution in [2.75, 3.05) is 7.11 Å². The molecule has 0 aliphatic heterocycles. The molecule has 7 nitrogen and oxygen atoms in total. The van der Waals surface area contributed by atoms with E-state index in [1.54, 1.807) is 12.1 Å². The number of aliphatic hydroxyl groups is 1. The van der Waals surface area contributed by atoms with Crippen LogP contribution in [0.25, 0.3) is 0 Å². The fourth-order valence-electron chi connectivity index (χ4n) is 1.71. The van der Waals surface area contributed by atoms with Crippen LogP contribution < -0.4 is 9.46 Å². The molecule has 0 atom stereocenters. The van der Waals surface area contributed by atoms with E-state index in [9.17, 15) is 8.42 Å². The summed E-state index contributed by atoms with van der Waals surface area (Å²) in [6.07, 6.45) is 1.51. The zero-order valence-corrected chi connectivity index (χ0v) is 12.2. The van der Waals surface area contributed by atoms with E-state index in [2.05, 4.69) is 14.9 Å². The maximum atomic E-state index is 12.3. The van der Waals surface area contributed by atoms with Crippen LogP contribution in [-0.4, -0.2) is 30.8 Å². The predicted octanol–water partition coefficient (Wildman–Crippen LogP) is 0.456. The quantitative estimate of drug-likeness (QED) is 0.803. The van der Waals surface area contributed by atoms with E-state index in [0.29, 0.717) is 11.3 Å². The topological polar surface area (TPSA) is 101 Å². The number of rotatable bonds is 6. The summed E-state index contributed by atoms with van der Waals surface area (Å²) >= 11 is 0. The Morgan fingerprint density at radius 1 is 1.33 bits per heavy atom. The number of sulfonamides is 1. The molecule has 0 aliphatic rings. The Kier molecular flexibility index (Phi) is 4.84. The minimum absolute atomic E-state index is 0.00564. The van der Waals surface area contributed by atoms with Crippen molar-refractivity contribution in [2.45, 2.75) is 18.0 Å². The number of aromatic nitrogens is 2. The molecule has 2 N–H and O–H groups in total. The van der Waals surface area contributed by atoms with Gasteiger partial charge in [-0.3, -0.25) is 0 Å². The van der Waals surface area contributed by atoms with Crippen molar-refractivity contribution in [1.29, 1.82) is 0 Å². The summed E-state index contributed by atoms with van der Waals surface area (Å²) < 4.78 is 32.1. The van der Waals surface area contributed by atoms with Crippen molar-refractivity contribution in [1.82, 2.24) is 14.9 Å². The minimum Gasteiger partial charge on any atom is -0.495 e. The first kappa shape index (κ1) is 15.4. The molecule has 0 amide bonds. The van der Waals surface area contributed by atoms with Gasteiger partial charge in [-0.2, -0.15) is 10.2 Å². The SMILES string of the molecule is COc1cc(CO)ccc1S(=O)(=O)NCc1cccnn1. The molecular formula is C13H15N3O4S. The normalized spacial score (nSPS) is 11.3. The van der Waals surface area contributed by atoms with E-state index >= 15 is 0 Å². The van der Waals surface area contributed by atoms with E-state index in [1.807, 2.05) is 0 Å². The lowest BCUT2D eigenvalue weighted by molar-refractivity contribution is 0.280. The van der Waals surface area contributed by atoms with Gasteiger partial charge in [0, 0.05) is 6.20 Å². The van der Waals surface area contributed by atoms with Gasteiger partial charge in [-0.1, -0.05) is 6.07 Å². The average molecular weight is 309 g/mol. The van der Waals surface area contributed by atoms with Crippen molar-refractivity contribution < 1.29 is 18.3 Å². The Bertz CT molecular complexity index is 705. The molecular weight excluding hydrogens is 294 g/mol. The molecule has 112 valence electrons. The van der Waals surface area contributed by atoms with Crippen LogP contribution in [0.1, 0.15) is 11.3 Å². The van der Waals surface area contributed by atoms with Gasteiger partial charge in [0.25, 0.3) is 0 Å². The van der Waals surface area contributed by atoms with E-state index < -0.39 is 10.0 Å². The number of ether oxygens (including phenoxy) is 1. The lowest BCUT2D eigenvalue weighted by Gasteiger charge is -2.11. The van der Waals surface area contributed by atoms with E-state index in [1.165, 1.54) is 31.5 Å². The molecule has 8 heteroatoms. The number of benzene rings is 1. The third kappa shape index (κ3) is 3.75. The Balaban J connectivity index is 2.23. The molecule has 21 heavy (non-hydrogen) atoms. The molecule has 1 aromatic heterocycles. The van der Waals surface area contributed by atoms with Crippen LogP contribution in [0.15, 0.2) is 41.4 Å². The van der Waals surface area contributed by atoms with Gasteiger partial charge >= 0.3 is 0 Å². The molecule has 2 aromatic rings. The third-order valence-corrected chi connectivity index (χ3v) is 4.21. The van der Waals surface area contributed by atoms with Crippen molar-refractivity contribution >= 4 is 10.0 Å². The zero-order chi connectivity index (χ0) is 15.3. The van der Waals surface area contributed by atoms with Gasteiger partial charge in [0.05, 0.1) is 26.0 Å². The lowest BCUT2D eigenvalue weighted by Crippen LogP contribution is -2.24. The van der Waals surface area contributed by atoms with E-state index in [4.69, 9.17) is 9.84 Å². The van der Waals surface area contributed by atoms with Crippen molar-refractivity contribution in [2.24, 2.45) is 0 Å². The fourth-order valence-corrected chi connectivity index (χ4v) is 2.85. The largest absolute Gasteiger partial charge is 0.495 e. The molecule has 0 radical (unpaired) electrons. The molecule has 0 fully saturated rings. The Hall–Kier alpha value is -2.03. The standard InChI is InChI=1S/C13H15N3O4S/c1-20-12-7-10(9-17)4-5-13(12)21(18,19)15-8-11-3-2-6-14-16-11/h2-7,15,17H,8-9H2,1H3. The van der Waals surface area contributed by atoms with Crippen LogP contribution in [0.3, 0.4) is 0 Å². The predicted molar refractivity (Wildman–Crippen MR) is 75.0 cm³/mol. The molecule has 0 aliphatic carbocycles. The highest BCUT2D eigenvalue weighted by Gasteiger charge is 2.19. The van der Waals surface area contributed by atoms with Gasteiger partial charge in [-0.15, -0.1) is 0 Å². The van der Waals surface area contributed by atoms with Crippen molar-refractivity contribution in [3.8, 4) is 5.75 Å². The first-order valence-corrected chi connectivity index (χ1v) is 7.59. The lowest BCUT2D eigenvalue weighted by atomic mass is 10.2. The number of nitrogens with zero attached hydrogens (tertiary/aromatic N) is 2. The number of nitrogens with one attached hydrogen (secondary N) is 1. The first-order chi connectivity index (χ1) is 10.1. The zero-order valence-electron chi connectivity index (χ0n) is 11.4. The summed E-state index contributed by atoms with van der Waals surface area (Å²) in [5.74, 6) is 0.174. The maximum Gasteiger partial charge on any atom is 0.244 e. The number of methoxy groups -OCH3 is 1. The molecule has 0 unspecified atom stereocenters. The van der Waals surface area contributed by atoms with Crippen LogP contribution in [0.4, 0.5) is 0 Å². The van der Waals surface area contributed by atoms with Crippen molar-refractivity contribution in [3.63, 3.8) is 0 Å². The van der Waals surface area contributed by atoms with Crippen LogP contribution in [0, 0.1) is 0 Å². The second-order valence-electron chi connectivity index (χ2n) is 4.18. The van der Waals surface area contributed by atoms with Gasteiger partial charge in [-0.05, 0) is 29.8 Å². The number of hydrogen-bond donors (Lipinski definition) is 2. The van der Waals surface area contributed by atoms with Crippen LogP contribution in [0.2, 0.25) is 0 Å². The van der Waals surface area contributed by atoms with E-state index in [-0.39, 0.29) is 23.8 Å². The number of hydrogen-bond acceptors (Lipinski definition) is 6. The Morgan fingerprint density at radius 2 is 2.14 bits per heavy atom. The molecule has 0 spiro atoms. The number of aliphatic hydroxyl groups excluding tert-OH is 1. The highest BCUT2D eigenvalue weighted by Crippen LogP contribution is 2.25. The van der Waals surface area contributed by atoms with Gasteiger partial charge in [0.2, 0.25) is 10.0 Å². The first-order valence-electron chi connectivity index (χ1n) is 6.11. The van der Waals surface area contributed by atoms with Gasteiger partial charge in [0.15, 0.2) is 0 Å². The monoisotopic (exact) mass is 309 g/mol. The average Bonchev–Trinajstić information content (AvgIpc) is 2.53. The summed E-state index contributed by atoms with van der Waals surface area (Å²) in [4.78, 5) is 0.00564. The Morgan fingerprint density at radius 3 is 2.76 bits per heavy atom. The van der Waals surface area contributed by atoms with Gasteiger partial charge in [-0.25, -0.2) is 13.1 Å². The molecule has 0 saturated carbocycles. The van der Waals surface area contributed by atoms with Gasteiger partial charge < -0.3 is 9.84 Å². The summed E-state index contributed by atoms with van der Waals surface area (Å²) in [5.41, 5.74) is 1.08. The summed E-state index contributed by atoms with van der Waals surface area (Å²) in [6.45, 7) is -0.162. The molecule has 0 bridgehead atoms.